The number of aryl methyl sites for hydroxylation is 1. The zero-order chi connectivity index (χ0) is 45.7. The van der Waals surface area contributed by atoms with Gasteiger partial charge >= 0.3 is 12.1 Å². The minimum atomic E-state index is -4.40. The fraction of sp³-hybridized carbons (Fsp3) is 0.581. The van der Waals surface area contributed by atoms with E-state index < -0.39 is 65.4 Å². The first-order valence-electron chi connectivity index (χ1n) is 21.2. The van der Waals surface area contributed by atoms with Crippen molar-refractivity contribution in [3.8, 4) is 17.2 Å². The third kappa shape index (κ3) is 13.1. The number of carbonyl (C=O) groups is 3. The zero-order valence-corrected chi connectivity index (χ0v) is 38.0. The van der Waals surface area contributed by atoms with Crippen molar-refractivity contribution in [3.63, 3.8) is 0 Å². The van der Waals surface area contributed by atoms with Crippen LogP contribution < -0.4 is 19.5 Å². The van der Waals surface area contributed by atoms with Gasteiger partial charge in [0.1, 0.15) is 24.7 Å². The Bertz CT molecular complexity index is 2100. The first-order valence-corrected chi connectivity index (χ1v) is 23.5. The standard InChI is InChI=1S/C43H57N3O16S2/c1-5-53-16-17-54-18-19-60-43(13-14-47,41(48)49)62-38(23-46(22-28(2)3)64(51,52)33-10-11-36-37(21-33)59-27-58-36)35(45-42(50)61-39-25-57-40-34(39)12-15-55-40)20-30-6-8-32(9-7-30)56-24-31-26-63-29(4)44-31/h6-11,14,21,26,28,34-35,38-40H,5,12-13,15-20,22-25,27H2,1-4H3,(H,45,50)(H,48,49)/t34-,35-,38+,39-,40+,43?/m0/s1. The first kappa shape index (κ1) is 49.0. The van der Waals surface area contributed by atoms with Crippen LogP contribution in [0.25, 0.3) is 0 Å². The van der Waals surface area contributed by atoms with E-state index in [1.54, 1.807) is 24.3 Å². The zero-order valence-electron chi connectivity index (χ0n) is 36.3. The van der Waals surface area contributed by atoms with Crippen LogP contribution in [0.15, 0.2) is 52.7 Å². The van der Waals surface area contributed by atoms with Gasteiger partial charge in [-0.15, -0.1) is 11.3 Å². The van der Waals surface area contributed by atoms with Crippen LogP contribution in [0.4, 0.5) is 4.79 Å². The number of sulfonamides is 1. The van der Waals surface area contributed by atoms with Crippen molar-refractivity contribution >= 4 is 39.7 Å². The Kier molecular flexibility index (Phi) is 17.7. The van der Waals surface area contributed by atoms with Crippen LogP contribution in [-0.4, -0.2) is 138 Å². The lowest BCUT2D eigenvalue weighted by Crippen LogP contribution is -2.58. The Balaban J connectivity index is 1.35. The highest BCUT2D eigenvalue weighted by molar-refractivity contribution is 7.89. The number of nitrogens with zero attached hydrogens (tertiary/aromatic N) is 2. The lowest BCUT2D eigenvalue weighted by atomic mass is 9.99. The van der Waals surface area contributed by atoms with Gasteiger partial charge in [-0.05, 0) is 62.4 Å². The maximum absolute atomic E-state index is 14.7. The van der Waals surface area contributed by atoms with Crippen molar-refractivity contribution in [2.24, 2.45) is 11.8 Å². The number of amides is 1. The smallest absolute Gasteiger partial charge is 0.407 e. The number of aromatic nitrogens is 1. The van der Waals surface area contributed by atoms with Gasteiger partial charge < -0.3 is 62.6 Å². The minimum absolute atomic E-state index is 0.0431. The van der Waals surface area contributed by atoms with Crippen LogP contribution in [0.2, 0.25) is 0 Å². The molecule has 1 amide bonds. The summed E-state index contributed by atoms with van der Waals surface area (Å²) in [6.07, 6.45) is -3.50. The minimum Gasteiger partial charge on any atom is -0.487 e. The molecule has 19 nitrogen and oxygen atoms in total. The molecular formula is C43H57N3O16S2. The maximum atomic E-state index is 14.7. The number of aliphatic carboxylic acids is 1. The summed E-state index contributed by atoms with van der Waals surface area (Å²) in [6.45, 7) is 8.00. The number of carboxylic acids is 1. The van der Waals surface area contributed by atoms with Gasteiger partial charge in [0.25, 0.3) is 5.79 Å². The van der Waals surface area contributed by atoms with E-state index in [2.05, 4.69) is 10.3 Å². The first-order chi connectivity index (χ1) is 30.8. The summed E-state index contributed by atoms with van der Waals surface area (Å²) in [5, 5.41) is 16.5. The van der Waals surface area contributed by atoms with E-state index in [0.29, 0.717) is 49.6 Å². The molecule has 0 saturated carbocycles. The molecule has 3 aliphatic heterocycles. The lowest BCUT2D eigenvalue weighted by molar-refractivity contribution is -0.266. The monoisotopic (exact) mass is 935 g/mol. The summed E-state index contributed by atoms with van der Waals surface area (Å²) in [4.78, 5) is 43.9. The maximum Gasteiger partial charge on any atom is 0.407 e. The van der Waals surface area contributed by atoms with Gasteiger partial charge in [0, 0.05) is 31.1 Å². The molecule has 4 heterocycles. The molecular weight excluding hydrogens is 879 g/mol. The Labute approximate surface area is 376 Å². The molecule has 0 spiro atoms. The van der Waals surface area contributed by atoms with E-state index in [1.807, 2.05) is 33.1 Å². The van der Waals surface area contributed by atoms with E-state index in [4.69, 9.17) is 47.4 Å². The molecule has 1 aromatic heterocycles. The molecule has 2 aromatic carbocycles. The number of thiazole rings is 1. The molecule has 21 heteroatoms. The van der Waals surface area contributed by atoms with Gasteiger partial charge in [-0.25, -0.2) is 23.0 Å². The van der Waals surface area contributed by atoms with Gasteiger partial charge in [-0.2, -0.15) is 4.31 Å². The molecule has 3 aromatic rings. The number of rotatable bonds is 27. The molecule has 0 radical (unpaired) electrons. The number of hydrogen-bond acceptors (Lipinski definition) is 17. The predicted octanol–water partition coefficient (Wildman–Crippen LogP) is 4.33. The molecule has 2 fully saturated rings. The van der Waals surface area contributed by atoms with Crippen LogP contribution in [0, 0.1) is 18.8 Å². The van der Waals surface area contributed by atoms with Crippen molar-refractivity contribution in [2.45, 2.75) is 88.8 Å². The topological polar surface area (TPSA) is 226 Å². The van der Waals surface area contributed by atoms with Crippen LogP contribution in [0.1, 0.15) is 49.9 Å². The summed E-state index contributed by atoms with van der Waals surface area (Å²) in [6, 6.07) is 9.97. The summed E-state index contributed by atoms with van der Waals surface area (Å²) in [5.41, 5.74) is 1.40. The van der Waals surface area contributed by atoms with Crippen LogP contribution in [0.5, 0.6) is 17.2 Å². The lowest BCUT2D eigenvalue weighted by Gasteiger charge is -2.38. The summed E-state index contributed by atoms with van der Waals surface area (Å²) >= 11 is 1.51. The fourth-order valence-corrected chi connectivity index (χ4v) is 9.62. The molecule has 2 N–H and O–H groups in total. The summed E-state index contributed by atoms with van der Waals surface area (Å²) < 4.78 is 87.8. The normalized spacial score (nSPS) is 19.9. The molecule has 6 rings (SSSR count). The van der Waals surface area contributed by atoms with Crippen molar-refractivity contribution in [1.82, 2.24) is 14.6 Å². The number of alkyl carbamates (subject to hydrolysis) is 1. The molecule has 64 heavy (non-hydrogen) atoms. The average molecular weight is 936 g/mol. The van der Waals surface area contributed by atoms with Crippen molar-refractivity contribution in [3.05, 3.63) is 64.1 Å². The highest BCUT2D eigenvalue weighted by Gasteiger charge is 2.48. The van der Waals surface area contributed by atoms with E-state index in [0.717, 1.165) is 15.0 Å². The molecule has 0 aliphatic carbocycles. The van der Waals surface area contributed by atoms with Crippen molar-refractivity contribution in [2.75, 3.05) is 66.1 Å². The SMILES string of the molecule is CCOCCOCCOC(CC=O)(O[C@H](CN(CC(C)C)S(=O)(=O)c1ccc2c(c1)OCO2)[C@H](Cc1ccc(OCc2csc(C)n2)cc1)NC(=O)O[C@H]1CO[C@H]2OCC[C@H]21)C(=O)O. The van der Waals surface area contributed by atoms with Gasteiger partial charge in [0.15, 0.2) is 17.8 Å². The second-order valence-corrected chi connectivity index (χ2v) is 18.7. The van der Waals surface area contributed by atoms with Crippen molar-refractivity contribution in [1.29, 1.82) is 0 Å². The van der Waals surface area contributed by atoms with E-state index in [9.17, 15) is 27.9 Å². The van der Waals surface area contributed by atoms with E-state index in [1.165, 1.54) is 29.5 Å². The average Bonchev–Trinajstić information content (AvgIpc) is 4.09. The highest BCUT2D eigenvalue weighted by Crippen LogP contribution is 2.36. The van der Waals surface area contributed by atoms with E-state index >= 15 is 0 Å². The Morgan fingerprint density at radius 3 is 2.53 bits per heavy atom. The number of hydrogen-bond donors (Lipinski definition) is 2. The van der Waals surface area contributed by atoms with Crippen LogP contribution in [0.3, 0.4) is 0 Å². The summed E-state index contributed by atoms with van der Waals surface area (Å²) in [5.74, 6) is -3.65. The second-order valence-electron chi connectivity index (χ2n) is 15.7. The quantitative estimate of drug-likeness (QED) is 0.0616. The van der Waals surface area contributed by atoms with Crippen molar-refractivity contribution < 1.29 is 75.3 Å². The molecule has 2 saturated heterocycles. The Hall–Kier alpha value is -4.45. The fourth-order valence-electron chi connectivity index (χ4n) is 7.39. The van der Waals surface area contributed by atoms with Gasteiger partial charge in [-0.3, -0.25) is 0 Å². The molecule has 0 bridgehead atoms. The third-order valence-electron chi connectivity index (χ3n) is 10.5. The second kappa shape index (κ2) is 23.1. The van der Waals surface area contributed by atoms with Gasteiger partial charge in [0.05, 0.1) is 79.7 Å². The Morgan fingerprint density at radius 2 is 1.81 bits per heavy atom. The predicted molar refractivity (Wildman–Crippen MR) is 228 cm³/mol. The Morgan fingerprint density at radius 1 is 1.05 bits per heavy atom. The number of aldehydes is 1. The third-order valence-corrected chi connectivity index (χ3v) is 13.2. The largest absolute Gasteiger partial charge is 0.487 e. The number of carboxylic acid groups (broad SMARTS) is 1. The van der Waals surface area contributed by atoms with Gasteiger partial charge in [-0.1, -0.05) is 26.0 Å². The van der Waals surface area contributed by atoms with Gasteiger partial charge in [0.2, 0.25) is 16.8 Å². The number of nitrogens with one attached hydrogen (secondary N) is 1. The van der Waals surface area contributed by atoms with Crippen LogP contribution in [-0.2, 0) is 65.8 Å². The molecule has 1 unspecified atom stereocenters. The number of fused-ring (bicyclic) bond motifs is 2. The number of ether oxygens (including phenoxy) is 10. The molecule has 6 atom stereocenters. The number of carbonyl (C=O) groups excluding carboxylic acids is 2. The summed E-state index contributed by atoms with van der Waals surface area (Å²) in [7, 11) is -4.40. The molecule has 3 aliphatic rings. The highest BCUT2D eigenvalue weighted by atomic mass is 32.2. The number of benzene rings is 2. The van der Waals surface area contributed by atoms with E-state index in [-0.39, 0.29) is 75.3 Å². The van der Waals surface area contributed by atoms with Crippen LogP contribution >= 0.6 is 11.3 Å². The molecule has 352 valence electrons.